The minimum absolute atomic E-state index is 0.0571. The Balaban J connectivity index is 3.87. The maximum absolute atomic E-state index is 12.4. The van der Waals surface area contributed by atoms with Crippen LogP contribution in [-0.4, -0.2) is 37.7 Å². The summed E-state index contributed by atoms with van der Waals surface area (Å²) in [6.07, 6.45) is 28.5. The first-order chi connectivity index (χ1) is 18.6. The van der Waals surface area contributed by atoms with Crippen molar-refractivity contribution in [1.82, 2.24) is 5.32 Å². The van der Waals surface area contributed by atoms with E-state index in [1.54, 1.807) is 0 Å². The highest BCUT2D eigenvalue weighted by molar-refractivity contribution is 5.69. The van der Waals surface area contributed by atoms with Gasteiger partial charge in [0.1, 0.15) is 12.7 Å². The average molecular weight is 538 g/mol. The molecule has 0 spiro atoms. The summed E-state index contributed by atoms with van der Waals surface area (Å²) in [6.45, 7) is 8.60. The number of rotatable bonds is 29. The molecule has 38 heavy (non-hydrogen) atoms. The van der Waals surface area contributed by atoms with Gasteiger partial charge in [0, 0.05) is 12.8 Å². The number of esters is 2. The molecular weight excluding hydrogens is 474 g/mol. The summed E-state index contributed by atoms with van der Waals surface area (Å²) < 4.78 is 11.1. The van der Waals surface area contributed by atoms with Gasteiger partial charge < -0.3 is 14.8 Å². The first-order valence-electron chi connectivity index (χ1n) is 16.3. The van der Waals surface area contributed by atoms with Crippen molar-refractivity contribution in [3.05, 3.63) is 12.2 Å². The van der Waals surface area contributed by atoms with E-state index in [0.717, 1.165) is 58.0 Å². The molecule has 0 aromatic heterocycles. The van der Waals surface area contributed by atoms with Crippen molar-refractivity contribution in [1.29, 1.82) is 0 Å². The Morgan fingerprint density at radius 2 is 1.11 bits per heavy atom. The van der Waals surface area contributed by atoms with Gasteiger partial charge in [-0.25, -0.2) is 0 Å². The molecule has 0 bridgehead atoms. The largest absolute Gasteiger partial charge is 0.462 e. The number of hydrogen-bond acceptors (Lipinski definition) is 5. The van der Waals surface area contributed by atoms with Gasteiger partial charge in [-0.15, -0.1) is 0 Å². The fourth-order valence-corrected chi connectivity index (χ4v) is 4.56. The molecule has 0 aromatic carbocycles. The van der Waals surface area contributed by atoms with Crippen LogP contribution in [0.5, 0.6) is 0 Å². The van der Waals surface area contributed by atoms with Gasteiger partial charge in [-0.2, -0.15) is 0 Å². The first-order valence-corrected chi connectivity index (χ1v) is 16.3. The molecule has 0 aliphatic rings. The summed E-state index contributed by atoms with van der Waals surface area (Å²) in [7, 11) is 0. The van der Waals surface area contributed by atoms with E-state index < -0.39 is 0 Å². The van der Waals surface area contributed by atoms with E-state index in [2.05, 4.69) is 32.2 Å². The number of carbonyl (C=O) groups excluding carboxylic acids is 2. The molecule has 0 aliphatic carbocycles. The Labute approximate surface area is 236 Å². The van der Waals surface area contributed by atoms with Crippen LogP contribution >= 0.6 is 0 Å². The van der Waals surface area contributed by atoms with Gasteiger partial charge >= 0.3 is 11.9 Å². The minimum atomic E-state index is -0.142. The van der Waals surface area contributed by atoms with Crippen LogP contribution in [-0.2, 0) is 19.1 Å². The SMILES string of the molecule is CCCCCC/C=C\COC(=O)CCCNCCCC(=O)OC(CCCCCCC)CCCCCCCC. The third-order valence-electron chi connectivity index (χ3n) is 7.01. The Morgan fingerprint density at radius 1 is 0.605 bits per heavy atom. The second kappa shape index (κ2) is 30.2. The van der Waals surface area contributed by atoms with E-state index in [1.807, 2.05) is 6.08 Å². The summed E-state index contributed by atoms with van der Waals surface area (Å²) in [5.74, 6) is -0.199. The van der Waals surface area contributed by atoms with Gasteiger partial charge in [-0.05, 0) is 64.5 Å². The van der Waals surface area contributed by atoms with Crippen LogP contribution in [0, 0.1) is 0 Å². The molecule has 1 N–H and O–H groups in total. The minimum Gasteiger partial charge on any atom is -0.462 e. The number of carbonyl (C=O) groups is 2. The van der Waals surface area contributed by atoms with Crippen molar-refractivity contribution in [3.63, 3.8) is 0 Å². The smallest absolute Gasteiger partial charge is 0.306 e. The highest BCUT2D eigenvalue weighted by Gasteiger charge is 2.14. The van der Waals surface area contributed by atoms with E-state index in [-0.39, 0.29) is 18.0 Å². The van der Waals surface area contributed by atoms with Gasteiger partial charge in [0.2, 0.25) is 0 Å². The third kappa shape index (κ3) is 27.7. The Kier molecular flexibility index (Phi) is 29.1. The predicted molar refractivity (Wildman–Crippen MR) is 161 cm³/mol. The lowest BCUT2D eigenvalue weighted by Crippen LogP contribution is -2.21. The average Bonchev–Trinajstić information content (AvgIpc) is 2.91. The van der Waals surface area contributed by atoms with Crippen LogP contribution in [0.25, 0.3) is 0 Å². The number of unbranched alkanes of at least 4 members (excludes halogenated alkanes) is 13. The highest BCUT2D eigenvalue weighted by Crippen LogP contribution is 2.17. The van der Waals surface area contributed by atoms with Crippen LogP contribution in [0.3, 0.4) is 0 Å². The molecule has 0 amide bonds. The summed E-state index contributed by atoms with van der Waals surface area (Å²) in [6, 6.07) is 0. The standard InChI is InChI=1S/C33H63NO4/c1-4-7-10-13-15-18-21-30-37-32(35)26-22-28-34-29-23-27-33(36)38-31(24-19-16-12-9-6-3)25-20-17-14-11-8-5-2/h18,21,31,34H,4-17,19-20,22-30H2,1-3H3/b21-18-. The van der Waals surface area contributed by atoms with Gasteiger partial charge in [0.05, 0.1) is 0 Å². The van der Waals surface area contributed by atoms with Crippen LogP contribution in [0.2, 0.25) is 0 Å². The van der Waals surface area contributed by atoms with Crippen molar-refractivity contribution in [2.75, 3.05) is 19.7 Å². The van der Waals surface area contributed by atoms with E-state index in [4.69, 9.17) is 9.47 Å². The second-order valence-corrected chi connectivity index (χ2v) is 10.8. The molecule has 1 atom stereocenters. The Hall–Kier alpha value is -1.36. The van der Waals surface area contributed by atoms with Gasteiger partial charge in [0.25, 0.3) is 0 Å². The van der Waals surface area contributed by atoms with Crippen molar-refractivity contribution in [2.24, 2.45) is 0 Å². The Morgan fingerprint density at radius 3 is 1.68 bits per heavy atom. The third-order valence-corrected chi connectivity index (χ3v) is 7.01. The van der Waals surface area contributed by atoms with E-state index in [1.165, 1.54) is 83.5 Å². The van der Waals surface area contributed by atoms with Gasteiger partial charge in [0.15, 0.2) is 0 Å². The zero-order valence-corrected chi connectivity index (χ0v) is 25.5. The van der Waals surface area contributed by atoms with Crippen LogP contribution in [0.1, 0.15) is 162 Å². The number of ether oxygens (including phenoxy) is 2. The van der Waals surface area contributed by atoms with E-state index in [0.29, 0.717) is 19.4 Å². The monoisotopic (exact) mass is 537 g/mol. The lowest BCUT2D eigenvalue weighted by Gasteiger charge is -2.18. The Bertz CT molecular complexity index is 549. The first kappa shape index (κ1) is 36.6. The molecular formula is C33H63NO4. The second-order valence-electron chi connectivity index (χ2n) is 10.8. The lowest BCUT2D eigenvalue weighted by atomic mass is 10.0. The summed E-state index contributed by atoms with van der Waals surface area (Å²) in [5, 5.41) is 3.33. The lowest BCUT2D eigenvalue weighted by molar-refractivity contribution is -0.150. The van der Waals surface area contributed by atoms with Crippen LogP contribution < -0.4 is 5.32 Å². The van der Waals surface area contributed by atoms with Crippen molar-refractivity contribution < 1.29 is 19.1 Å². The fourth-order valence-electron chi connectivity index (χ4n) is 4.56. The quantitative estimate of drug-likeness (QED) is 0.0585. The molecule has 0 aliphatic heterocycles. The molecule has 0 heterocycles. The maximum atomic E-state index is 12.4. The number of allylic oxidation sites excluding steroid dienone is 1. The molecule has 1 unspecified atom stereocenters. The normalized spacial score (nSPS) is 12.2. The van der Waals surface area contributed by atoms with Gasteiger partial charge in [-0.3, -0.25) is 9.59 Å². The van der Waals surface area contributed by atoms with Crippen LogP contribution in [0.15, 0.2) is 12.2 Å². The molecule has 0 fully saturated rings. The zero-order valence-electron chi connectivity index (χ0n) is 25.5. The predicted octanol–water partition coefficient (Wildman–Crippen LogP) is 9.23. The van der Waals surface area contributed by atoms with E-state index in [9.17, 15) is 9.59 Å². The van der Waals surface area contributed by atoms with E-state index >= 15 is 0 Å². The summed E-state index contributed by atoms with van der Waals surface area (Å²) in [5.41, 5.74) is 0. The molecule has 0 saturated heterocycles. The van der Waals surface area contributed by atoms with Gasteiger partial charge in [-0.1, -0.05) is 110 Å². The number of hydrogen-bond donors (Lipinski definition) is 1. The molecule has 0 radical (unpaired) electrons. The molecule has 5 nitrogen and oxygen atoms in total. The topological polar surface area (TPSA) is 64.6 Å². The molecule has 0 aromatic rings. The maximum Gasteiger partial charge on any atom is 0.306 e. The molecule has 5 heteroatoms. The molecule has 224 valence electrons. The van der Waals surface area contributed by atoms with Crippen LogP contribution in [0.4, 0.5) is 0 Å². The highest BCUT2D eigenvalue weighted by atomic mass is 16.5. The summed E-state index contributed by atoms with van der Waals surface area (Å²) in [4.78, 5) is 24.3. The zero-order chi connectivity index (χ0) is 27.9. The fraction of sp³-hybridized carbons (Fsp3) is 0.879. The van der Waals surface area contributed by atoms with Crippen molar-refractivity contribution in [2.45, 2.75) is 168 Å². The number of nitrogens with one attached hydrogen (secondary N) is 1. The van der Waals surface area contributed by atoms with Crippen molar-refractivity contribution in [3.8, 4) is 0 Å². The molecule has 0 rings (SSSR count). The molecule has 0 saturated carbocycles. The van der Waals surface area contributed by atoms with Crippen molar-refractivity contribution >= 4 is 11.9 Å². The summed E-state index contributed by atoms with van der Waals surface area (Å²) >= 11 is 0.